The molecule has 2 rings (SSSR count). The highest BCUT2D eigenvalue weighted by Gasteiger charge is 2.31. The van der Waals surface area contributed by atoms with Crippen molar-refractivity contribution in [3.8, 4) is 0 Å². The SMILES string of the molecule is CC(C)(C)N(NC(=O)c1cc(F)c(F)c(F)c1F)C(=O)c1ccc(Cl)nc1. The maximum Gasteiger partial charge on any atom is 0.274 e. The molecule has 1 aromatic carbocycles. The fourth-order valence-electron chi connectivity index (χ4n) is 2.05. The molecule has 1 N–H and O–H groups in total. The zero-order valence-corrected chi connectivity index (χ0v) is 15.2. The minimum atomic E-state index is -2.13. The number of carbonyl (C=O) groups excluding carboxylic acids is 2. The first-order chi connectivity index (χ1) is 12.4. The molecule has 1 heterocycles. The monoisotopic (exact) mass is 403 g/mol. The van der Waals surface area contributed by atoms with E-state index in [9.17, 15) is 27.2 Å². The van der Waals surface area contributed by atoms with Crippen LogP contribution in [0.15, 0.2) is 24.4 Å². The Bertz CT molecular complexity index is 899. The molecule has 2 aromatic rings. The van der Waals surface area contributed by atoms with Crippen LogP contribution in [0.4, 0.5) is 17.6 Å². The van der Waals surface area contributed by atoms with E-state index < -0.39 is 46.2 Å². The van der Waals surface area contributed by atoms with Gasteiger partial charge in [-0.3, -0.25) is 15.0 Å². The number of rotatable bonds is 2. The van der Waals surface area contributed by atoms with Crippen LogP contribution in [0, 0.1) is 23.3 Å². The summed E-state index contributed by atoms with van der Waals surface area (Å²) in [6.07, 6.45) is 1.16. The smallest absolute Gasteiger partial charge is 0.267 e. The van der Waals surface area contributed by atoms with E-state index in [0.717, 1.165) is 11.2 Å². The number of hydrogen-bond donors (Lipinski definition) is 1. The van der Waals surface area contributed by atoms with Gasteiger partial charge in [0.25, 0.3) is 11.8 Å². The van der Waals surface area contributed by atoms with Gasteiger partial charge in [0.1, 0.15) is 5.15 Å². The van der Waals surface area contributed by atoms with Crippen molar-refractivity contribution in [3.05, 3.63) is 63.9 Å². The van der Waals surface area contributed by atoms with Crippen LogP contribution in [-0.4, -0.2) is 27.3 Å². The van der Waals surface area contributed by atoms with Gasteiger partial charge in [0.05, 0.1) is 16.7 Å². The van der Waals surface area contributed by atoms with E-state index in [1.165, 1.54) is 12.1 Å². The average molecular weight is 404 g/mol. The minimum Gasteiger partial charge on any atom is -0.267 e. The van der Waals surface area contributed by atoms with E-state index in [4.69, 9.17) is 11.6 Å². The topological polar surface area (TPSA) is 62.3 Å². The highest BCUT2D eigenvalue weighted by molar-refractivity contribution is 6.29. The molecule has 0 aliphatic carbocycles. The van der Waals surface area contributed by atoms with E-state index in [1.54, 1.807) is 20.8 Å². The summed E-state index contributed by atoms with van der Waals surface area (Å²) >= 11 is 5.66. The van der Waals surface area contributed by atoms with Crippen LogP contribution in [-0.2, 0) is 0 Å². The maximum atomic E-state index is 13.8. The fraction of sp³-hybridized carbons (Fsp3) is 0.235. The summed E-state index contributed by atoms with van der Waals surface area (Å²) in [6, 6.07) is 2.90. The number of aromatic nitrogens is 1. The highest BCUT2D eigenvalue weighted by atomic mass is 35.5. The Kier molecular flexibility index (Phi) is 5.74. The van der Waals surface area contributed by atoms with Gasteiger partial charge in [0.2, 0.25) is 0 Å². The largest absolute Gasteiger partial charge is 0.274 e. The summed E-state index contributed by atoms with van der Waals surface area (Å²) < 4.78 is 53.6. The first-order valence-corrected chi connectivity index (χ1v) is 7.91. The van der Waals surface area contributed by atoms with Crippen LogP contribution < -0.4 is 5.43 Å². The third-order valence-electron chi connectivity index (χ3n) is 3.41. The van der Waals surface area contributed by atoms with Crippen LogP contribution in [0.2, 0.25) is 5.15 Å². The van der Waals surface area contributed by atoms with Gasteiger partial charge in [-0.25, -0.2) is 27.6 Å². The van der Waals surface area contributed by atoms with E-state index in [1.807, 2.05) is 0 Å². The van der Waals surface area contributed by atoms with Crippen molar-refractivity contribution in [2.45, 2.75) is 26.3 Å². The Morgan fingerprint density at radius 3 is 2.22 bits per heavy atom. The van der Waals surface area contributed by atoms with Gasteiger partial charge in [0.15, 0.2) is 23.3 Å². The van der Waals surface area contributed by atoms with E-state index >= 15 is 0 Å². The van der Waals surface area contributed by atoms with Crippen molar-refractivity contribution in [2.24, 2.45) is 0 Å². The van der Waals surface area contributed by atoms with E-state index in [-0.39, 0.29) is 16.8 Å². The predicted octanol–water partition coefficient (Wildman–Crippen LogP) is 3.88. The zero-order valence-electron chi connectivity index (χ0n) is 14.4. The van der Waals surface area contributed by atoms with Gasteiger partial charge in [-0.2, -0.15) is 0 Å². The lowest BCUT2D eigenvalue weighted by Crippen LogP contribution is -2.56. The molecule has 0 aliphatic heterocycles. The first kappa shape index (κ1) is 20.6. The van der Waals surface area contributed by atoms with Crippen molar-refractivity contribution < 1.29 is 27.2 Å². The number of amides is 2. The van der Waals surface area contributed by atoms with Crippen LogP contribution in [0.5, 0.6) is 0 Å². The van der Waals surface area contributed by atoms with Gasteiger partial charge in [0, 0.05) is 6.20 Å². The number of benzene rings is 1. The fourth-order valence-corrected chi connectivity index (χ4v) is 2.17. The Morgan fingerprint density at radius 1 is 1.07 bits per heavy atom. The van der Waals surface area contributed by atoms with Gasteiger partial charge in [-0.15, -0.1) is 0 Å². The second-order valence-corrected chi connectivity index (χ2v) is 6.86. The lowest BCUT2D eigenvalue weighted by atomic mass is 10.1. The lowest BCUT2D eigenvalue weighted by molar-refractivity contribution is 0.0356. The minimum absolute atomic E-state index is 0.0477. The molecule has 10 heteroatoms. The Balaban J connectivity index is 2.39. The molecule has 0 saturated carbocycles. The van der Waals surface area contributed by atoms with Crippen molar-refractivity contribution in [3.63, 3.8) is 0 Å². The Labute approximate surface area is 156 Å². The highest BCUT2D eigenvalue weighted by Crippen LogP contribution is 2.20. The third-order valence-corrected chi connectivity index (χ3v) is 3.63. The molecule has 0 radical (unpaired) electrons. The first-order valence-electron chi connectivity index (χ1n) is 7.53. The molecule has 0 atom stereocenters. The summed E-state index contributed by atoms with van der Waals surface area (Å²) in [5, 5.41) is 0.969. The van der Waals surface area contributed by atoms with Gasteiger partial charge >= 0.3 is 0 Å². The van der Waals surface area contributed by atoms with Crippen LogP contribution in [0.25, 0.3) is 0 Å². The van der Waals surface area contributed by atoms with E-state index in [0.29, 0.717) is 0 Å². The molecule has 2 amide bonds. The van der Waals surface area contributed by atoms with Crippen LogP contribution in [0.1, 0.15) is 41.5 Å². The summed E-state index contributed by atoms with van der Waals surface area (Å²) in [5.74, 6) is -9.86. The quantitative estimate of drug-likeness (QED) is 0.272. The van der Waals surface area contributed by atoms with Gasteiger partial charge in [-0.05, 0) is 39.0 Å². The maximum absolute atomic E-state index is 13.8. The number of nitrogens with one attached hydrogen (secondary N) is 1. The normalized spacial score (nSPS) is 11.3. The van der Waals surface area contributed by atoms with Crippen molar-refractivity contribution in [1.82, 2.24) is 15.4 Å². The molecule has 0 fully saturated rings. The number of halogens is 5. The molecular formula is C17H14ClF4N3O2. The van der Waals surface area contributed by atoms with E-state index in [2.05, 4.69) is 10.4 Å². The van der Waals surface area contributed by atoms with Crippen molar-refractivity contribution in [2.75, 3.05) is 0 Å². The summed E-state index contributed by atoms with van der Waals surface area (Å²) in [4.78, 5) is 28.7. The molecule has 0 bridgehead atoms. The number of nitrogens with zero attached hydrogens (tertiary/aromatic N) is 2. The van der Waals surface area contributed by atoms with Crippen molar-refractivity contribution >= 4 is 23.4 Å². The van der Waals surface area contributed by atoms with Gasteiger partial charge in [-0.1, -0.05) is 11.6 Å². The summed E-state index contributed by atoms with van der Waals surface area (Å²) in [5.41, 5.74) is 0.0283. The molecule has 0 unspecified atom stereocenters. The molecule has 0 spiro atoms. The Hall–Kier alpha value is -2.68. The Morgan fingerprint density at radius 2 is 1.70 bits per heavy atom. The third kappa shape index (κ3) is 4.36. The number of hydrogen-bond acceptors (Lipinski definition) is 3. The summed E-state index contributed by atoms with van der Waals surface area (Å²) in [6.45, 7) is 4.66. The molecule has 0 saturated heterocycles. The molecular weight excluding hydrogens is 390 g/mol. The number of hydrazine groups is 1. The van der Waals surface area contributed by atoms with Crippen molar-refractivity contribution in [1.29, 1.82) is 0 Å². The lowest BCUT2D eigenvalue weighted by Gasteiger charge is -2.35. The van der Waals surface area contributed by atoms with Crippen LogP contribution >= 0.6 is 11.6 Å². The number of carbonyl (C=O) groups is 2. The van der Waals surface area contributed by atoms with Crippen LogP contribution in [0.3, 0.4) is 0 Å². The summed E-state index contributed by atoms with van der Waals surface area (Å²) in [7, 11) is 0. The molecule has 27 heavy (non-hydrogen) atoms. The molecule has 0 aliphatic rings. The molecule has 5 nitrogen and oxygen atoms in total. The molecule has 144 valence electrons. The molecule has 1 aromatic heterocycles. The predicted molar refractivity (Wildman–Crippen MR) is 88.9 cm³/mol. The van der Waals surface area contributed by atoms with Gasteiger partial charge < -0.3 is 0 Å². The standard InChI is InChI=1S/C17H14ClF4N3O2/c1-17(2,3)25(16(27)8-4-5-11(18)23-7-8)24-15(26)9-6-10(19)13(21)14(22)12(9)20/h4-7H,1-3H3,(H,24,26). The second kappa shape index (κ2) is 7.51. The number of pyridine rings is 1. The zero-order chi connectivity index (χ0) is 20.5. The second-order valence-electron chi connectivity index (χ2n) is 6.47. The average Bonchev–Trinajstić information content (AvgIpc) is 2.59.